The SMILES string of the molecule is CN(C(=O)NN)c1ccc(Br)s1. The molecule has 0 aliphatic heterocycles. The lowest BCUT2D eigenvalue weighted by molar-refractivity contribution is 0.248. The number of urea groups is 1. The highest BCUT2D eigenvalue weighted by molar-refractivity contribution is 9.11. The second-order valence-electron chi connectivity index (χ2n) is 2.09. The van der Waals surface area contributed by atoms with Crippen molar-refractivity contribution in [3.8, 4) is 0 Å². The number of hydrazine groups is 1. The van der Waals surface area contributed by atoms with E-state index < -0.39 is 0 Å². The Morgan fingerprint density at radius 1 is 1.75 bits per heavy atom. The van der Waals surface area contributed by atoms with Crippen LogP contribution in [0.2, 0.25) is 0 Å². The molecule has 0 fully saturated rings. The Bertz CT molecular complexity index is 288. The Morgan fingerprint density at radius 3 is 2.83 bits per heavy atom. The van der Waals surface area contributed by atoms with Gasteiger partial charge in [0.15, 0.2) is 0 Å². The number of thiophene rings is 1. The molecule has 0 aliphatic carbocycles. The van der Waals surface area contributed by atoms with Crippen LogP contribution in [0.3, 0.4) is 0 Å². The van der Waals surface area contributed by atoms with Gasteiger partial charge in [0, 0.05) is 7.05 Å². The summed E-state index contributed by atoms with van der Waals surface area (Å²) < 4.78 is 0.981. The molecule has 0 bridgehead atoms. The van der Waals surface area contributed by atoms with Gasteiger partial charge in [-0.1, -0.05) is 0 Å². The topological polar surface area (TPSA) is 58.4 Å². The zero-order valence-electron chi connectivity index (χ0n) is 6.37. The summed E-state index contributed by atoms with van der Waals surface area (Å²) in [6, 6.07) is 3.38. The smallest absolute Gasteiger partial charge is 0.288 e. The van der Waals surface area contributed by atoms with E-state index >= 15 is 0 Å². The van der Waals surface area contributed by atoms with Gasteiger partial charge in [0.2, 0.25) is 0 Å². The van der Waals surface area contributed by atoms with E-state index in [1.165, 1.54) is 16.2 Å². The molecular formula is C6H8BrN3OS. The minimum Gasteiger partial charge on any atom is -0.288 e. The third-order valence-corrected chi connectivity index (χ3v) is 3.02. The van der Waals surface area contributed by atoms with Crippen LogP contribution >= 0.6 is 27.3 Å². The Balaban J connectivity index is 2.77. The second kappa shape index (κ2) is 3.88. The average Bonchev–Trinajstić information content (AvgIpc) is 2.49. The fourth-order valence-electron chi connectivity index (χ4n) is 0.682. The maximum absolute atomic E-state index is 11.0. The molecule has 1 aromatic rings. The first-order valence-corrected chi connectivity index (χ1v) is 4.75. The van der Waals surface area contributed by atoms with E-state index in [-0.39, 0.29) is 6.03 Å². The zero-order chi connectivity index (χ0) is 9.14. The molecule has 0 aliphatic rings. The van der Waals surface area contributed by atoms with E-state index in [4.69, 9.17) is 5.84 Å². The second-order valence-corrected chi connectivity index (χ2v) is 4.53. The maximum atomic E-state index is 11.0. The van der Waals surface area contributed by atoms with Crippen molar-refractivity contribution in [2.24, 2.45) is 5.84 Å². The zero-order valence-corrected chi connectivity index (χ0v) is 8.78. The van der Waals surface area contributed by atoms with Gasteiger partial charge in [-0.15, -0.1) is 11.3 Å². The van der Waals surface area contributed by atoms with Crippen molar-refractivity contribution in [3.63, 3.8) is 0 Å². The van der Waals surface area contributed by atoms with Gasteiger partial charge in [-0.25, -0.2) is 10.6 Å². The normalized spacial score (nSPS) is 9.58. The van der Waals surface area contributed by atoms with Crippen LogP contribution in [0.4, 0.5) is 9.80 Å². The number of amides is 2. The fraction of sp³-hybridized carbons (Fsp3) is 0.167. The predicted molar refractivity (Wildman–Crippen MR) is 53.1 cm³/mol. The van der Waals surface area contributed by atoms with E-state index in [0.29, 0.717) is 0 Å². The van der Waals surface area contributed by atoms with Gasteiger partial charge in [0.05, 0.1) is 8.79 Å². The van der Waals surface area contributed by atoms with Crippen LogP contribution in [0.15, 0.2) is 15.9 Å². The lowest BCUT2D eigenvalue weighted by Gasteiger charge is -2.12. The number of nitrogens with two attached hydrogens (primary N) is 1. The summed E-state index contributed by atoms with van der Waals surface area (Å²) in [4.78, 5) is 12.4. The van der Waals surface area contributed by atoms with Gasteiger partial charge in [-0.05, 0) is 28.1 Å². The number of nitrogens with one attached hydrogen (secondary N) is 1. The number of carbonyl (C=O) groups excluding carboxylic acids is 1. The largest absolute Gasteiger partial charge is 0.336 e. The number of halogens is 1. The number of hydrogen-bond donors (Lipinski definition) is 2. The number of carbonyl (C=O) groups is 1. The molecule has 2 amide bonds. The summed E-state index contributed by atoms with van der Waals surface area (Å²) in [6.45, 7) is 0. The van der Waals surface area contributed by atoms with Crippen molar-refractivity contribution in [2.45, 2.75) is 0 Å². The molecule has 1 heterocycles. The monoisotopic (exact) mass is 249 g/mol. The molecule has 0 atom stereocenters. The third-order valence-electron chi connectivity index (χ3n) is 1.32. The van der Waals surface area contributed by atoms with Gasteiger partial charge in [0.25, 0.3) is 0 Å². The highest BCUT2D eigenvalue weighted by Crippen LogP contribution is 2.28. The van der Waals surface area contributed by atoms with Crippen LogP contribution < -0.4 is 16.2 Å². The van der Waals surface area contributed by atoms with Crippen LogP contribution in [0.25, 0.3) is 0 Å². The molecule has 66 valence electrons. The van der Waals surface area contributed by atoms with Crippen LogP contribution in [0.1, 0.15) is 0 Å². The number of rotatable bonds is 1. The van der Waals surface area contributed by atoms with E-state index in [1.807, 2.05) is 12.1 Å². The van der Waals surface area contributed by atoms with Crippen LogP contribution in [-0.2, 0) is 0 Å². The summed E-state index contributed by atoms with van der Waals surface area (Å²) in [6.07, 6.45) is 0. The van der Waals surface area contributed by atoms with Gasteiger partial charge < -0.3 is 0 Å². The lowest BCUT2D eigenvalue weighted by atomic mass is 10.6. The maximum Gasteiger partial charge on any atom is 0.336 e. The highest BCUT2D eigenvalue weighted by Gasteiger charge is 2.10. The Kier molecular flexibility index (Phi) is 3.07. The Labute approximate surface area is 82.5 Å². The van der Waals surface area contributed by atoms with Crippen LogP contribution in [-0.4, -0.2) is 13.1 Å². The minimum atomic E-state index is -0.329. The molecule has 4 nitrogen and oxygen atoms in total. The summed E-state index contributed by atoms with van der Waals surface area (Å²) in [7, 11) is 1.65. The van der Waals surface area contributed by atoms with Gasteiger partial charge in [-0.3, -0.25) is 10.3 Å². The summed E-state index contributed by atoms with van der Waals surface area (Å²) in [5, 5.41) is 0.838. The highest BCUT2D eigenvalue weighted by atomic mass is 79.9. The predicted octanol–water partition coefficient (Wildman–Crippen LogP) is 1.53. The number of nitrogens with zero attached hydrogens (tertiary/aromatic N) is 1. The molecule has 0 saturated heterocycles. The van der Waals surface area contributed by atoms with Crippen molar-refractivity contribution in [3.05, 3.63) is 15.9 Å². The molecule has 0 unspecified atom stereocenters. The number of anilines is 1. The molecule has 1 aromatic heterocycles. The van der Waals surface area contributed by atoms with Gasteiger partial charge in [-0.2, -0.15) is 0 Å². The van der Waals surface area contributed by atoms with Crippen LogP contribution in [0, 0.1) is 0 Å². The molecular weight excluding hydrogens is 242 g/mol. The first-order valence-electron chi connectivity index (χ1n) is 3.15. The summed E-state index contributed by atoms with van der Waals surface area (Å²) in [5.41, 5.74) is 2.05. The number of hydrogen-bond acceptors (Lipinski definition) is 3. The van der Waals surface area contributed by atoms with E-state index in [9.17, 15) is 4.79 Å². The Morgan fingerprint density at radius 2 is 2.42 bits per heavy atom. The average molecular weight is 250 g/mol. The van der Waals surface area contributed by atoms with Crippen molar-refractivity contribution >= 4 is 38.3 Å². The van der Waals surface area contributed by atoms with Crippen molar-refractivity contribution in [1.29, 1.82) is 0 Å². The first kappa shape index (κ1) is 9.50. The molecule has 0 saturated carbocycles. The van der Waals surface area contributed by atoms with Crippen LogP contribution in [0.5, 0.6) is 0 Å². The van der Waals surface area contributed by atoms with E-state index in [2.05, 4.69) is 21.4 Å². The van der Waals surface area contributed by atoms with E-state index in [0.717, 1.165) is 8.79 Å². The molecule has 3 N–H and O–H groups in total. The minimum absolute atomic E-state index is 0.329. The fourth-order valence-corrected chi connectivity index (χ4v) is 2.00. The van der Waals surface area contributed by atoms with Crippen molar-refractivity contribution in [2.75, 3.05) is 11.9 Å². The summed E-state index contributed by atoms with van der Waals surface area (Å²) >= 11 is 4.77. The lowest BCUT2D eigenvalue weighted by Crippen LogP contribution is -2.40. The van der Waals surface area contributed by atoms with Gasteiger partial charge >= 0.3 is 6.03 Å². The molecule has 12 heavy (non-hydrogen) atoms. The third kappa shape index (κ3) is 1.96. The van der Waals surface area contributed by atoms with E-state index in [1.54, 1.807) is 7.05 Å². The standard InChI is InChI=1S/C6H8BrN3OS/c1-10(6(11)9-8)5-3-2-4(7)12-5/h2-3H,8H2,1H3,(H,9,11). The van der Waals surface area contributed by atoms with Crippen molar-refractivity contribution in [1.82, 2.24) is 5.43 Å². The molecule has 1 rings (SSSR count). The Hall–Kier alpha value is -0.590. The summed E-state index contributed by atoms with van der Waals surface area (Å²) in [5.74, 6) is 4.97. The van der Waals surface area contributed by atoms with Gasteiger partial charge in [0.1, 0.15) is 0 Å². The molecule has 0 spiro atoms. The molecule has 0 aromatic carbocycles. The quantitative estimate of drug-likeness (QED) is 0.451. The van der Waals surface area contributed by atoms with Crippen molar-refractivity contribution < 1.29 is 4.79 Å². The molecule has 0 radical (unpaired) electrons. The molecule has 6 heteroatoms. The first-order chi connectivity index (χ1) is 5.65.